The Hall–Kier alpha value is -1.17. The van der Waals surface area contributed by atoms with Crippen LogP contribution in [0.1, 0.15) is 17.3 Å². The van der Waals surface area contributed by atoms with E-state index in [1.165, 1.54) is 6.20 Å². The van der Waals surface area contributed by atoms with E-state index in [0.29, 0.717) is 18.7 Å². The maximum Gasteiger partial charge on any atom is 0.257 e. The van der Waals surface area contributed by atoms with E-state index < -0.39 is 0 Å². The minimum absolute atomic E-state index is 0.102. The van der Waals surface area contributed by atoms with Crippen molar-refractivity contribution < 1.29 is 14.6 Å². The number of ether oxygens (including phenoxy) is 1. The predicted octanol–water partition coefficient (Wildman–Crippen LogP) is 0.957. The normalized spacial score (nSPS) is 24.1. The highest BCUT2D eigenvalue weighted by Crippen LogP contribution is 2.18. The zero-order valence-electron chi connectivity index (χ0n) is 10.0. The lowest BCUT2D eigenvalue weighted by Crippen LogP contribution is -2.50. The molecule has 0 radical (unpaired) electrons. The molecule has 1 aliphatic heterocycles. The van der Waals surface area contributed by atoms with Crippen molar-refractivity contribution in [2.24, 2.45) is 0 Å². The topological polar surface area (TPSA) is 62.7 Å². The molecule has 0 bridgehead atoms. The third-order valence-electron chi connectivity index (χ3n) is 2.81. The standard InChI is InChI=1S/C12H15ClN2O3/c1-8-5-15(6-9(7-16)18-8)12(17)10-3-2-4-14-11(10)13/h2-4,8-9,16H,5-7H2,1H3. The first-order valence-electron chi connectivity index (χ1n) is 5.78. The van der Waals surface area contributed by atoms with Gasteiger partial charge in [-0.25, -0.2) is 4.98 Å². The smallest absolute Gasteiger partial charge is 0.257 e. The molecule has 1 saturated heterocycles. The molecule has 1 aromatic rings. The number of rotatable bonds is 2. The highest BCUT2D eigenvalue weighted by molar-refractivity contribution is 6.32. The fraction of sp³-hybridized carbons (Fsp3) is 0.500. The lowest BCUT2D eigenvalue weighted by Gasteiger charge is -2.36. The van der Waals surface area contributed by atoms with E-state index in [4.69, 9.17) is 21.4 Å². The van der Waals surface area contributed by atoms with Crippen LogP contribution in [0.5, 0.6) is 0 Å². The molecule has 1 aromatic heterocycles. The van der Waals surface area contributed by atoms with Gasteiger partial charge in [-0.1, -0.05) is 11.6 Å². The number of hydrogen-bond acceptors (Lipinski definition) is 4. The number of aromatic nitrogens is 1. The van der Waals surface area contributed by atoms with Crippen LogP contribution in [0.15, 0.2) is 18.3 Å². The van der Waals surface area contributed by atoms with E-state index >= 15 is 0 Å². The first kappa shape index (κ1) is 13.3. The molecular formula is C12H15ClN2O3. The molecule has 5 nitrogen and oxygen atoms in total. The zero-order chi connectivity index (χ0) is 13.1. The van der Waals surface area contributed by atoms with Crippen LogP contribution >= 0.6 is 11.6 Å². The van der Waals surface area contributed by atoms with Gasteiger partial charge in [0.25, 0.3) is 5.91 Å². The van der Waals surface area contributed by atoms with Crippen LogP contribution in [0, 0.1) is 0 Å². The molecule has 18 heavy (non-hydrogen) atoms. The van der Waals surface area contributed by atoms with Crippen LogP contribution in [0.2, 0.25) is 5.15 Å². The summed E-state index contributed by atoms with van der Waals surface area (Å²) in [6, 6.07) is 3.32. The van der Waals surface area contributed by atoms with Crippen LogP contribution < -0.4 is 0 Å². The predicted molar refractivity (Wildman–Crippen MR) is 66.6 cm³/mol. The molecule has 1 N–H and O–H groups in total. The average molecular weight is 271 g/mol. The molecule has 2 unspecified atom stereocenters. The summed E-state index contributed by atoms with van der Waals surface area (Å²) in [5.41, 5.74) is 0.380. The molecule has 0 saturated carbocycles. The van der Waals surface area contributed by atoms with Gasteiger partial charge in [0.05, 0.1) is 24.4 Å². The number of aliphatic hydroxyl groups excluding tert-OH is 1. The van der Waals surface area contributed by atoms with Gasteiger partial charge in [-0.3, -0.25) is 4.79 Å². The Morgan fingerprint density at radius 3 is 3.11 bits per heavy atom. The van der Waals surface area contributed by atoms with Gasteiger partial charge < -0.3 is 14.7 Å². The Labute approximate surface area is 110 Å². The summed E-state index contributed by atoms with van der Waals surface area (Å²) in [6.45, 7) is 2.62. The lowest BCUT2D eigenvalue weighted by molar-refractivity contribution is -0.0858. The summed E-state index contributed by atoms with van der Waals surface area (Å²) in [7, 11) is 0. The maximum atomic E-state index is 12.3. The van der Waals surface area contributed by atoms with Gasteiger partial charge in [-0.15, -0.1) is 0 Å². The molecule has 1 fully saturated rings. The number of nitrogens with zero attached hydrogens (tertiary/aromatic N) is 2. The van der Waals surface area contributed by atoms with Crippen molar-refractivity contribution in [2.45, 2.75) is 19.1 Å². The summed E-state index contributed by atoms with van der Waals surface area (Å²) in [6.07, 6.45) is 1.10. The number of amides is 1. The fourth-order valence-corrected chi connectivity index (χ4v) is 2.23. The Bertz CT molecular complexity index is 441. The number of halogens is 1. The van der Waals surface area contributed by atoms with Crippen molar-refractivity contribution in [3.8, 4) is 0 Å². The van der Waals surface area contributed by atoms with Gasteiger partial charge in [0.2, 0.25) is 0 Å². The van der Waals surface area contributed by atoms with E-state index in [1.54, 1.807) is 17.0 Å². The van der Waals surface area contributed by atoms with Crippen LogP contribution in [0.4, 0.5) is 0 Å². The third kappa shape index (κ3) is 2.80. The Balaban J connectivity index is 2.16. The van der Waals surface area contributed by atoms with Gasteiger partial charge in [0, 0.05) is 19.3 Å². The Morgan fingerprint density at radius 1 is 1.67 bits per heavy atom. The van der Waals surface area contributed by atoms with Crippen molar-refractivity contribution in [1.29, 1.82) is 0 Å². The summed E-state index contributed by atoms with van der Waals surface area (Å²) >= 11 is 5.91. The van der Waals surface area contributed by atoms with Crippen molar-refractivity contribution in [3.05, 3.63) is 29.0 Å². The van der Waals surface area contributed by atoms with Crippen LogP contribution in [-0.2, 0) is 4.74 Å². The molecule has 1 aliphatic rings. The van der Waals surface area contributed by atoms with Gasteiger partial charge in [-0.2, -0.15) is 0 Å². The molecule has 98 valence electrons. The molecule has 2 heterocycles. The first-order valence-corrected chi connectivity index (χ1v) is 6.15. The van der Waals surface area contributed by atoms with Gasteiger partial charge >= 0.3 is 0 Å². The summed E-state index contributed by atoms with van der Waals surface area (Å²) in [5.74, 6) is -0.179. The van der Waals surface area contributed by atoms with Crippen molar-refractivity contribution in [1.82, 2.24) is 9.88 Å². The first-order chi connectivity index (χ1) is 8.61. The molecule has 2 atom stereocenters. The number of morpholine rings is 1. The SMILES string of the molecule is CC1CN(C(=O)c2cccnc2Cl)CC(CO)O1. The van der Waals surface area contributed by atoms with Crippen LogP contribution in [-0.4, -0.2) is 52.8 Å². The molecule has 0 aliphatic carbocycles. The lowest BCUT2D eigenvalue weighted by atomic mass is 10.2. The zero-order valence-corrected chi connectivity index (χ0v) is 10.8. The minimum Gasteiger partial charge on any atom is -0.394 e. The van der Waals surface area contributed by atoms with E-state index in [9.17, 15) is 4.79 Å². The van der Waals surface area contributed by atoms with E-state index in [-0.39, 0.29) is 29.9 Å². The number of carbonyl (C=O) groups excluding carboxylic acids is 1. The third-order valence-corrected chi connectivity index (χ3v) is 3.11. The highest BCUT2D eigenvalue weighted by atomic mass is 35.5. The summed E-state index contributed by atoms with van der Waals surface area (Å²) < 4.78 is 5.49. The second kappa shape index (κ2) is 5.65. The van der Waals surface area contributed by atoms with E-state index in [0.717, 1.165) is 0 Å². The molecule has 6 heteroatoms. The van der Waals surface area contributed by atoms with Gasteiger partial charge in [0.15, 0.2) is 0 Å². The highest BCUT2D eigenvalue weighted by Gasteiger charge is 2.29. The number of hydrogen-bond donors (Lipinski definition) is 1. The van der Waals surface area contributed by atoms with Crippen LogP contribution in [0.3, 0.4) is 0 Å². The second-order valence-corrected chi connectivity index (χ2v) is 4.66. The number of pyridine rings is 1. The van der Waals surface area contributed by atoms with E-state index in [1.807, 2.05) is 6.92 Å². The largest absolute Gasteiger partial charge is 0.394 e. The molecule has 0 spiro atoms. The van der Waals surface area contributed by atoms with Crippen molar-refractivity contribution in [3.63, 3.8) is 0 Å². The summed E-state index contributed by atoms with van der Waals surface area (Å²) in [4.78, 5) is 17.8. The second-order valence-electron chi connectivity index (χ2n) is 4.30. The molecular weight excluding hydrogens is 256 g/mol. The van der Waals surface area contributed by atoms with Gasteiger partial charge in [0.1, 0.15) is 5.15 Å². The monoisotopic (exact) mass is 270 g/mol. The molecule has 1 amide bonds. The van der Waals surface area contributed by atoms with Crippen LogP contribution in [0.25, 0.3) is 0 Å². The molecule has 2 rings (SSSR count). The molecule has 0 aromatic carbocycles. The average Bonchev–Trinajstić information content (AvgIpc) is 2.37. The van der Waals surface area contributed by atoms with Crippen molar-refractivity contribution >= 4 is 17.5 Å². The van der Waals surface area contributed by atoms with Crippen molar-refractivity contribution in [2.75, 3.05) is 19.7 Å². The quantitative estimate of drug-likeness (QED) is 0.813. The number of aliphatic hydroxyl groups is 1. The Morgan fingerprint density at radius 2 is 2.44 bits per heavy atom. The number of carbonyl (C=O) groups is 1. The van der Waals surface area contributed by atoms with Gasteiger partial charge in [-0.05, 0) is 19.1 Å². The summed E-state index contributed by atoms with van der Waals surface area (Å²) in [5, 5.41) is 9.33. The van der Waals surface area contributed by atoms with E-state index in [2.05, 4.69) is 4.98 Å². The maximum absolute atomic E-state index is 12.3. The minimum atomic E-state index is -0.340. The Kier molecular flexibility index (Phi) is 4.16. The fourth-order valence-electron chi connectivity index (χ4n) is 2.03.